The predicted octanol–water partition coefficient (Wildman–Crippen LogP) is 4.97. The van der Waals surface area contributed by atoms with Crippen molar-refractivity contribution in [1.82, 2.24) is 5.32 Å². The van der Waals surface area contributed by atoms with E-state index < -0.39 is 0 Å². The highest BCUT2D eigenvalue weighted by Crippen LogP contribution is 2.19. The van der Waals surface area contributed by atoms with Crippen LogP contribution < -0.4 is 5.32 Å². The summed E-state index contributed by atoms with van der Waals surface area (Å²) < 4.78 is 0. The quantitative estimate of drug-likeness (QED) is 0.479. The summed E-state index contributed by atoms with van der Waals surface area (Å²) in [5.41, 5.74) is 0. The number of thioether (sulfide) groups is 1. The van der Waals surface area contributed by atoms with Crippen molar-refractivity contribution >= 4 is 11.8 Å². The zero-order chi connectivity index (χ0) is 13.9. The Balaban J connectivity index is 2.19. The Morgan fingerprint density at radius 1 is 1.16 bits per heavy atom. The Morgan fingerprint density at radius 2 is 1.89 bits per heavy atom. The molecule has 0 fully saturated rings. The van der Waals surface area contributed by atoms with Gasteiger partial charge in [-0.2, -0.15) is 0 Å². The number of hydrogen-bond acceptors (Lipinski definition) is 2. The molecule has 1 rings (SSSR count). The zero-order valence-corrected chi connectivity index (χ0v) is 13.5. The van der Waals surface area contributed by atoms with E-state index in [0.29, 0.717) is 6.04 Å². The average Bonchev–Trinajstić information content (AvgIpc) is 2.41. The second kappa shape index (κ2) is 10.3. The van der Waals surface area contributed by atoms with Crippen LogP contribution in [0, 0.1) is 5.92 Å². The second-order valence-corrected chi connectivity index (χ2v) is 6.75. The Bertz CT molecular complexity index is 310. The molecule has 1 atom stereocenters. The van der Waals surface area contributed by atoms with Gasteiger partial charge in [-0.1, -0.05) is 39.0 Å². The van der Waals surface area contributed by atoms with Gasteiger partial charge in [0.05, 0.1) is 0 Å². The van der Waals surface area contributed by atoms with Crippen molar-refractivity contribution in [2.75, 3.05) is 12.3 Å². The van der Waals surface area contributed by atoms with Gasteiger partial charge < -0.3 is 5.32 Å². The molecule has 0 saturated carbocycles. The van der Waals surface area contributed by atoms with Crippen molar-refractivity contribution in [3.63, 3.8) is 0 Å². The van der Waals surface area contributed by atoms with Crippen LogP contribution in [0.15, 0.2) is 35.2 Å². The topological polar surface area (TPSA) is 12.0 Å². The van der Waals surface area contributed by atoms with Gasteiger partial charge in [-0.25, -0.2) is 0 Å². The molecule has 1 unspecified atom stereocenters. The molecule has 108 valence electrons. The summed E-state index contributed by atoms with van der Waals surface area (Å²) in [6.45, 7) is 8.03. The monoisotopic (exact) mass is 279 g/mol. The smallest absolute Gasteiger partial charge is 0.00719 e. The van der Waals surface area contributed by atoms with E-state index in [1.165, 1.54) is 36.3 Å². The van der Waals surface area contributed by atoms with Crippen molar-refractivity contribution in [2.24, 2.45) is 5.92 Å². The zero-order valence-electron chi connectivity index (χ0n) is 12.7. The first-order valence-electron chi connectivity index (χ1n) is 7.63. The van der Waals surface area contributed by atoms with E-state index in [1.807, 2.05) is 11.8 Å². The molecule has 0 radical (unpaired) electrons. The van der Waals surface area contributed by atoms with Crippen molar-refractivity contribution in [3.05, 3.63) is 30.3 Å². The molecule has 0 aliphatic heterocycles. The Hall–Kier alpha value is -0.470. The molecule has 0 spiro atoms. The van der Waals surface area contributed by atoms with Crippen LogP contribution in [-0.4, -0.2) is 18.3 Å². The molecule has 1 aromatic carbocycles. The predicted molar refractivity (Wildman–Crippen MR) is 87.9 cm³/mol. The lowest BCUT2D eigenvalue weighted by Crippen LogP contribution is -2.31. The van der Waals surface area contributed by atoms with Crippen molar-refractivity contribution in [1.29, 1.82) is 0 Å². The maximum Gasteiger partial charge on any atom is 0.00719 e. The minimum Gasteiger partial charge on any atom is -0.314 e. The third-order valence-corrected chi connectivity index (χ3v) is 4.25. The maximum absolute atomic E-state index is 3.69. The first-order valence-corrected chi connectivity index (χ1v) is 8.62. The summed E-state index contributed by atoms with van der Waals surface area (Å²) in [6.07, 6.45) is 5.13. The Morgan fingerprint density at radius 3 is 2.53 bits per heavy atom. The van der Waals surface area contributed by atoms with E-state index in [0.717, 1.165) is 12.5 Å². The summed E-state index contributed by atoms with van der Waals surface area (Å²) in [6, 6.07) is 11.4. The molecule has 0 aliphatic carbocycles. The van der Waals surface area contributed by atoms with Gasteiger partial charge in [0, 0.05) is 10.9 Å². The fraction of sp³-hybridized carbons (Fsp3) is 0.647. The third kappa shape index (κ3) is 8.33. The second-order valence-electron chi connectivity index (χ2n) is 5.58. The van der Waals surface area contributed by atoms with Crippen LogP contribution in [0.4, 0.5) is 0 Å². The molecule has 1 nitrogen and oxygen atoms in total. The summed E-state index contributed by atoms with van der Waals surface area (Å²) in [5, 5.41) is 3.69. The largest absolute Gasteiger partial charge is 0.314 e. The van der Waals surface area contributed by atoms with E-state index in [4.69, 9.17) is 0 Å². The van der Waals surface area contributed by atoms with Crippen LogP contribution in [0.3, 0.4) is 0 Å². The van der Waals surface area contributed by atoms with Gasteiger partial charge in [0.25, 0.3) is 0 Å². The van der Waals surface area contributed by atoms with Gasteiger partial charge in [0.15, 0.2) is 0 Å². The van der Waals surface area contributed by atoms with E-state index in [2.05, 4.69) is 56.4 Å². The number of benzene rings is 1. The molecule has 1 aromatic rings. The highest BCUT2D eigenvalue weighted by atomic mass is 32.2. The highest BCUT2D eigenvalue weighted by Gasteiger charge is 2.09. The van der Waals surface area contributed by atoms with Gasteiger partial charge in [-0.3, -0.25) is 0 Å². The van der Waals surface area contributed by atoms with E-state index in [-0.39, 0.29) is 0 Å². The molecule has 0 bridgehead atoms. The molecule has 19 heavy (non-hydrogen) atoms. The van der Waals surface area contributed by atoms with E-state index in [1.54, 1.807) is 0 Å². The molecule has 1 N–H and O–H groups in total. The minimum absolute atomic E-state index is 0.705. The van der Waals surface area contributed by atoms with Gasteiger partial charge in [-0.05, 0) is 56.0 Å². The van der Waals surface area contributed by atoms with Crippen LogP contribution in [0.5, 0.6) is 0 Å². The van der Waals surface area contributed by atoms with E-state index >= 15 is 0 Å². The van der Waals surface area contributed by atoms with Gasteiger partial charge in [0.2, 0.25) is 0 Å². The van der Waals surface area contributed by atoms with Crippen molar-refractivity contribution in [3.8, 4) is 0 Å². The molecule has 0 heterocycles. The maximum atomic E-state index is 3.69. The first-order chi connectivity index (χ1) is 9.22. The Labute approximate surface area is 123 Å². The molecular formula is C17H29NS. The standard InChI is InChI=1S/C17H29NS/c1-4-12-18-16(14-15(2)3)9-8-13-19-17-10-6-5-7-11-17/h5-7,10-11,15-16,18H,4,8-9,12-14H2,1-3H3. The fourth-order valence-corrected chi connectivity index (χ4v) is 3.15. The van der Waals surface area contributed by atoms with Crippen molar-refractivity contribution < 1.29 is 0 Å². The normalized spacial score (nSPS) is 12.8. The lowest BCUT2D eigenvalue weighted by atomic mass is 10.00. The summed E-state index contributed by atoms with van der Waals surface area (Å²) in [4.78, 5) is 1.39. The lowest BCUT2D eigenvalue weighted by molar-refractivity contribution is 0.396. The SMILES string of the molecule is CCCNC(CCCSc1ccccc1)CC(C)C. The summed E-state index contributed by atoms with van der Waals surface area (Å²) in [7, 11) is 0. The minimum atomic E-state index is 0.705. The third-order valence-electron chi connectivity index (χ3n) is 3.15. The first kappa shape index (κ1) is 16.6. The number of rotatable bonds is 10. The number of hydrogen-bond donors (Lipinski definition) is 1. The van der Waals surface area contributed by atoms with Gasteiger partial charge >= 0.3 is 0 Å². The highest BCUT2D eigenvalue weighted by molar-refractivity contribution is 7.99. The van der Waals surface area contributed by atoms with E-state index in [9.17, 15) is 0 Å². The van der Waals surface area contributed by atoms with Gasteiger partial charge in [-0.15, -0.1) is 11.8 Å². The molecular weight excluding hydrogens is 250 g/mol. The molecule has 2 heteroatoms. The number of nitrogens with one attached hydrogen (secondary N) is 1. The lowest BCUT2D eigenvalue weighted by Gasteiger charge is -2.20. The molecule has 0 aromatic heterocycles. The van der Waals surface area contributed by atoms with Crippen LogP contribution >= 0.6 is 11.8 Å². The molecule has 0 aliphatic rings. The van der Waals surface area contributed by atoms with Crippen LogP contribution in [-0.2, 0) is 0 Å². The fourth-order valence-electron chi connectivity index (χ4n) is 2.26. The molecule has 0 amide bonds. The molecule has 0 saturated heterocycles. The summed E-state index contributed by atoms with van der Waals surface area (Å²) in [5.74, 6) is 2.02. The van der Waals surface area contributed by atoms with Crippen LogP contribution in [0.25, 0.3) is 0 Å². The average molecular weight is 279 g/mol. The van der Waals surface area contributed by atoms with Crippen LogP contribution in [0.1, 0.15) is 46.5 Å². The van der Waals surface area contributed by atoms with Crippen LogP contribution in [0.2, 0.25) is 0 Å². The summed E-state index contributed by atoms with van der Waals surface area (Å²) >= 11 is 1.98. The van der Waals surface area contributed by atoms with Gasteiger partial charge in [0.1, 0.15) is 0 Å². The Kier molecular flexibility index (Phi) is 9.02. The van der Waals surface area contributed by atoms with Crippen molar-refractivity contribution in [2.45, 2.75) is 57.4 Å².